The van der Waals surface area contributed by atoms with Crippen molar-refractivity contribution in [3.63, 3.8) is 0 Å². The van der Waals surface area contributed by atoms with Crippen LogP contribution in [0.5, 0.6) is 0 Å². The smallest absolute Gasteiger partial charge is 0.0697 e. The van der Waals surface area contributed by atoms with E-state index in [-0.39, 0.29) is 5.60 Å². The molecule has 0 bridgehead atoms. The van der Waals surface area contributed by atoms with Crippen molar-refractivity contribution in [3.05, 3.63) is 0 Å². The molecule has 1 spiro atoms. The van der Waals surface area contributed by atoms with Crippen molar-refractivity contribution in [1.29, 1.82) is 0 Å². The van der Waals surface area contributed by atoms with Crippen LogP contribution in [0.2, 0.25) is 0 Å². The molecule has 1 N–H and O–H groups in total. The van der Waals surface area contributed by atoms with Gasteiger partial charge in [-0.2, -0.15) is 0 Å². The van der Waals surface area contributed by atoms with Crippen LogP contribution in [0.1, 0.15) is 83.5 Å². The average Bonchev–Trinajstić information content (AvgIpc) is 2.81. The van der Waals surface area contributed by atoms with Gasteiger partial charge in [-0.15, -0.1) is 0 Å². The molecule has 1 aliphatic heterocycles. The summed E-state index contributed by atoms with van der Waals surface area (Å²) in [6, 6.07) is 1.53. The van der Waals surface area contributed by atoms with Crippen LogP contribution in [-0.4, -0.2) is 24.3 Å². The van der Waals surface area contributed by atoms with Crippen LogP contribution in [0.3, 0.4) is 0 Å². The SMILES string of the molecule is C1CCCC(NC2CCOC3(CCCC3)C2)CCC1. The fraction of sp³-hybridized carbons (Fsp3) is 1.00. The molecule has 110 valence electrons. The molecule has 1 unspecified atom stereocenters. The highest BCUT2D eigenvalue weighted by Crippen LogP contribution is 2.40. The molecule has 2 nitrogen and oxygen atoms in total. The van der Waals surface area contributed by atoms with Crippen molar-refractivity contribution in [3.8, 4) is 0 Å². The highest BCUT2D eigenvalue weighted by molar-refractivity contribution is 4.94. The minimum atomic E-state index is 0.275. The Hall–Kier alpha value is -0.0800. The van der Waals surface area contributed by atoms with Crippen molar-refractivity contribution in [1.82, 2.24) is 5.32 Å². The van der Waals surface area contributed by atoms with Crippen LogP contribution >= 0.6 is 0 Å². The Morgan fingerprint density at radius 1 is 0.737 bits per heavy atom. The minimum absolute atomic E-state index is 0.275. The standard InChI is InChI=1S/C17H31NO/c1-2-4-8-15(9-5-3-1)18-16-10-13-19-17(14-16)11-6-7-12-17/h15-16,18H,1-14H2. The Balaban J connectivity index is 1.50. The third-order valence-electron chi connectivity index (χ3n) is 5.58. The summed E-state index contributed by atoms with van der Waals surface area (Å²) < 4.78 is 6.15. The first-order valence-corrected chi connectivity index (χ1v) is 8.76. The van der Waals surface area contributed by atoms with Crippen molar-refractivity contribution in [2.24, 2.45) is 0 Å². The van der Waals surface area contributed by atoms with Gasteiger partial charge in [0.2, 0.25) is 0 Å². The van der Waals surface area contributed by atoms with Gasteiger partial charge in [-0.05, 0) is 38.5 Å². The number of hydrogen-bond acceptors (Lipinski definition) is 2. The second-order valence-electron chi connectivity index (χ2n) is 7.14. The average molecular weight is 265 g/mol. The third-order valence-corrected chi connectivity index (χ3v) is 5.58. The van der Waals surface area contributed by atoms with Crippen molar-refractivity contribution >= 4 is 0 Å². The van der Waals surface area contributed by atoms with Crippen molar-refractivity contribution in [2.75, 3.05) is 6.61 Å². The maximum atomic E-state index is 6.15. The van der Waals surface area contributed by atoms with E-state index in [1.807, 2.05) is 0 Å². The minimum Gasteiger partial charge on any atom is -0.375 e. The fourth-order valence-corrected chi connectivity index (χ4v) is 4.49. The first-order chi connectivity index (χ1) is 9.36. The zero-order valence-corrected chi connectivity index (χ0v) is 12.5. The lowest BCUT2D eigenvalue weighted by molar-refractivity contribution is -0.0849. The van der Waals surface area contributed by atoms with Gasteiger partial charge in [0.25, 0.3) is 0 Å². The summed E-state index contributed by atoms with van der Waals surface area (Å²) in [6.45, 7) is 0.990. The number of hydrogen-bond donors (Lipinski definition) is 1. The predicted molar refractivity (Wildman–Crippen MR) is 79.4 cm³/mol. The third kappa shape index (κ3) is 3.72. The molecule has 2 saturated carbocycles. The summed E-state index contributed by atoms with van der Waals surface area (Å²) in [6.07, 6.45) is 18.0. The predicted octanol–water partition coefficient (Wildman–Crippen LogP) is 4.18. The molecule has 1 saturated heterocycles. The van der Waals surface area contributed by atoms with E-state index >= 15 is 0 Å². The largest absolute Gasteiger partial charge is 0.375 e. The summed E-state index contributed by atoms with van der Waals surface area (Å²) in [7, 11) is 0. The molecule has 0 radical (unpaired) electrons. The van der Waals surface area contributed by atoms with Gasteiger partial charge in [-0.25, -0.2) is 0 Å². The molecular weight excluding hydrogens is 234 g/mol. The van der Waals surface area contributed by atoms with Crippen LogP contribution in [-0.2, 0) is 4.74 Å². The number of nitrogens with one attached hydrogen (secondary N) is 1. The second kappa shape index (κ2) is 6.58. The van der Waals surface area contributed by atoms with E-state index in [4.69, 9.17) is 4.74 Å². The van der Waals surface area contributed by atoms with E-state index in [1.54, 1.807) is 0 Å². The van der Waals surface area contributed by atoms with E-state index in [1.165, 1.54) is 83.5 Å². The fourth-order valence-electron chi connectivity index (χ4n) is 4.49. The molecule has 3 rings (SSSR count). The van der Waals surface area contributed by atoms with E-state index < -0.39 is 0 Å². The number of rotatable bonds is 2. The summed E-state index contributed by atoms with van der Waals surface area (Å²) in [5.74, 6) is 0. The van der Waals surface area contributed by atoms with E-state index in [2.05, 4.69) is 5.32 Å². The van der Waals surface area contributed by atoms with E-state index in [0.29, 0.717) is 0 Å². The molecule has 2 heteroatoms. The Kier molecular flexibility index (Phi) is 4.81. The van der Waals surface area contributed by atoms with Gasteiger partial charge in [0.05, 0.1) is 5.60 Å². The normalized spacial score (nSPS) is 33.2. The molecule has 1 atom stereocenters. The maximum absolute atomic E-state index is 6.15. The lowest BCUT2D eigenvalue weighted by Gasteiger charge is -2.40. The van der Waals surface area contributed by atoms with Crippen LogP contribution < -0.4 is 5.32 Å². The highest BCUT2D eigenvalue weighted by Gasteiger charge is 2.40. The summed E-state index contributed by atoms with van der Waals surface area (Å²) >= 11 is 0. The second-order valence-corrected chi connectivity index (χ2v) is 7.14. The molecule has 19 heavy (non-hydrogen) atoms. The molecule has 1 heterocycles. The van der Waals surface area contributed by atoms with Crippen LogP contribution in [0.4, 0.5) is 0 Å². The lowest BCUT2D eigenvalue weighted by atomic mass is 9.87. The molecule has 3 fully saturated rings. The molecule has 0 aromatic carbocycles. The lowest BCUT2D eigenvalue weighted by Crippen LogP contribution is -2.48. The summed E-state index contributed by atoms with van der Waals surface area (Å²) in [4.78, 5) is 0. The van der Waals surface area contributed by atoms with Gasteiger partial charge in [0.1, 0.15) is 0 Å². The molecule has 3 aliphatic rings. The van der Waals surface area contributed by atoms with E-state index in [9.17, 15) is 0 Å². The van der Waals surface area contributed by atoms with Crippen LogP contribution in [0.25, 0.3) is 0 Å². The van der Waals surface area contributed by atoms with Gasteiger partial charge in [-0.3, -0.25) is 0 Å². The monoisotopic (exact) mass is 265 g/mol. The Labute approximate surface area is 118 Å². The quantitative estimate of drug-likeness (QED) is 0.808. The van der Waals surface area contributed by atoms with Crippen LogP contribution in [0.15, 0.2) is 0 Å². The maximum Gasteiger partial charge on any atom is 0.0697 e. The summed E-state index contributed by atoms with van der Waals surface area (Å²) in [5, 5.41) is 4.00. The first-order valence-electron chi connectivity index (χ1n) is 8.76. The van der Waals surface area contributed by atoms with Crippen molar-refractivity contribution < 1.29 is 4.74 Å². The molecule has 0 amide bonds. The first kappa shape index (κ1) is 13.9. The molecule has 0 aromatic rings. The van der Waals surface area contributed by atoms with E-state index in [0.717, 1.165) is 18.7 Å². The summed E-state index contributed by atoms with van der Waals surface area (Å²) in [5.41, 5.74) is 0.275. The van der Waals surface area contributed by atoms with Gasteiger partial charge in [0, 0.05) is 18.7 Å². The van der Waals surface area contributed by atoms with Gasteiger partial charge >= 0.3 is 0 Å². The highest BCUT2D eigenvalue weighted by atomic mass is 16.5. The van der Waals surface area contributed by atoms with Gasteiger partial charge in [-0.1, -0.05) is 44.9 Å². The topological polar surface area (TPSA) is 21.3 Å². The Morgan fingerprint density at radius 3 is 2.16 bits per heavy atom. The molecule has 2 aliphatic carbocycles. The molecular formula is C17H31NO. The zero-order valence-electron chi connectivity index (χ0n) is 12.5. The van der Waals surface area contributed by atoms with Gasteiger partial charge < -0.3 is 10.1 Å². The Bertz CT molecular complexity index is 264. The van der Waals surface area contributed by atoms with Crippen molar-refractivity contribution in [2.45, 2.75) is 101 Å². The van der Waals surface area contributed by atoms with Crippen LogP contribution in [0, 0.1) is 0 Å². The Morgan fingerprint density at radius 2 is 1.42 bits per heavy atom. The van der Waals surface area contributed by atoms with Gasteiger partial charge in [0.15, 0.2) is 0 Å². The number of ether oxygens (including phenoxy) is 1. The zero-order chi connectivity index (χ0) is 13.0. The molecule has 0 aromatic heterocycles.